The monoisotopic (exact) mass is 474 g/mol. The van der Waals surface area contributed by atoms with Crippen LogP contribution in [0.1, 0.15) is 38.2 Å². The highest BCUT2D eigenvalue weighted by atomic mass is 32.2. The van der Waals surface area contributed by atoms with E-state index in [0.29, 0.717) is 24.7 Å². The van der Waals surface area contributed by atoms with Crippen LogP contribution in [-0.4, -0.2) is 56.8 Å². The summed E-state index contributed by atoms with van der Waals surface area (Å²) >= 11 is 0. The predicted octanol–water partition coefficient (Wildman–Crippen LogP) is 1.56. The number of piperazine rings is 1. The molecule has 0 aromatic heterocycles. The number of carbonyl (C=O) groups is 2. The molecule has 0 saturated carbocycles. The molecule has 7 nitrogen and oxygen atoms in total. The number of quaternary nitrogens is 1. The van der Waals surface area contributed by atoms with Crippen LogP contribution in [0.4, 0.5) is 10.1 Å². The number of hydrogen-bond donors (Lipinski definition) is 1. The number of nitrogens with one attached hydrogen (secondary N) is 1. The molecular formula is C24H29FN3O4S+. The SMILES string of the molecule is CC[C@H](C)c1ccc(S(=O)(=O)N2CC[NH+]([C@H]3CC(=O)N(c4ccc(F)cc4)C3=O)CC2)cc1. The highest BCUT2D eigenvalue weighted by Gasteiger charge is 2.47. The van der Waals surface area contributed by atoms with Gasteiger partial charge in [-0.25, -0.2) is 17.7 Å². The van der Waals surface area contributed by atoms with Crippen LogP contribution in [0.3, 0.4) is 0 Å². The molecule has 0 spiro atoms. The largest absolute Gasteiger partial charge is 0.322 e. The molecule has 0 radical (unpaired) electrons. The van der Waals surface area contributed by atoms with Crippen molar-refractivity contribution >= 4 is 27.5 Å². The third-order valence-corrected chi connectivity index (χ3v) is 8.70. The van der Waals surface area contributed by atoms with Gasteiger partial charge in [0.1, 0.15) is 5.82 Å². The van der Waals surface area contributed by atoms with Crippen LogP contribution in [-0.2, 0) is 19.6 Å². The highest BCUT2D eigenvalue weighted by Crippen LogP contribution is 2.24. The summed E-state index contributed by atoms with van der Waals surface area (Å²) in [4.78, 5) is 27.8. The van der Waals surface area contributed by atoms with Gasteiger partial charge in [0.05, 0.1) is 43.2 Å². The number of hydrogen-bond acceptors (Lipinski definition) is 4. The summed E-state index contributed by atoms with van der Waals surface area (Å²) < 4.78 is 40.9. The molecule has 0 bridgehead atoms. The van der Waals surface area contributed by atoms with E-state index in [1.807, 2.05) is 12.1 Å². The van der Waals surface area contributed by atoms with Crippen LogP contribution < -0.4 is 9.80 Å². The summed E-state index contributed by atoms with van der Waals surface area (Å²) in [6.45, 7) is 5.63. The molecule has 2 saturated heterocycles. The Bertz CT molecular complexity index is 1130. The van der Waals surface area contributed by atoms with Crippen LogP contribution in [0.5, 0.6) is 0 Å². The van der Waals surface area contributed by atoms with E-state index in [1.165, 1.54) is 28.6 Å². The molecule has 2 heterocycles. The number of imide groups is 1. The molecule has 4 rings (SSSR count). The normalized spacial score (nSPS) is 21.5. The van der Waals surface area contributed by atoms with Crippen LogP contribution in [0.15, 0.2) is 53.4 Å². The van der Waals surface area contributed by atoms with Crippen molar-refractivity contribution in [1.29, 1.82) is 0 Å². The number of carbonyl (C=O) groups excluding carboxylic acids is 2. The minimum Gasteiger partial charge on any atom is -0.322 e. The number of nitrogens with zero attached hydrogens (tertiary/aromatic N) is 2. The van der Waals surface area contributed by atoms with Gasteiger partial charge in [-0.15, -0.1) is 0 Å². The average molecular weight is 475 g/mol. The summed E-state index contributed by atoms with van der Waals surface area (Å²) in [6.07, 6.45) is 1.05. The third kappa shape index (κ3) is 4.58. The van der Waals surface area contributed by atoms with Crippen molar-refractivity contribution in [3.63, 3.8) is 0 Å². The van der Waals surface area contributed by atoms with E-state index in [2.05, 4.69) is 13.8 Å². The van der Waals surface area contributed by atoms with Crippen molar-refractivity contribution in [3.05, 3.63) is 59.9 Å². The summed E-state index contributed by atoms with van der Waals surface area (Å²) in [5, 5.41) is 0. The Balaban J connectivity index is 1.42. The van der Waals surface area contributed by atoms with Crippen LogP contribution in [0.25, 0.3) is 0 Å². The predicted molar refractivity (Wildman–Crippen MR) is 122 cm³/mol. The quantitative estimate of drug-likeness (QED) is 0.645. The van der Waals surface area contributed by atoms with Crippen molar-refractivity contribution < 1.29 is 27.3 Å². The summed E-state index contributed by atoms with van der Waals surface area (Å²) in [7, 11) is -3.62. The summed E-state index contributed by atoms with van der Waals surface area (Å²) in [5.74, 6) is -0.707. The van der Waals surface area contributed by atoms with Crippen molar-refractivity contribution in [2.24, 2.45) is 0 Å². The fourth-order valence-corrected chi connectivity index (χ4v) is 5.97. The molecule has 2 fully saturated rings. The first-order valence-corrected chi connectivity index (χ1v) is 12.7. The number of halogens is 1. The van der Waals surface area contributed by atoms with Crippen LogP contribution >= 0.6 is 0 Å². The van der Waals surface area contributed by atoms with E-state index in [9.17, 15) is 22.4 Å². The molecule has 0 aliphatic carbocycles. The van der Waals surface area contributed by atoms with Gasteiger partial charge in [0.15, 0.2) is 6.04 Å². The standard InChI is InChI=1S/C24H28FN3O4S/c1-3-17(2)18-4-10-21(11-5-18)33(31,32)27-14-12-26(13-15-27)22-16-23(29)28(24(22)30)20-8-6-19(25)7-9-20/h4-11,17,22H,3,12-16H2,1-2H3/p+1/t17-,22-/m0/s1. The van der Waals surface area contributed by atoms with E-state index < -0.39 is 21.9 Å². The molecule has 176 valence electrons. The Morgan fingerprint density at radius 3 is 2.21 bits per heavy atom. The molecule has 33 heavy (non-hydrogen) atoms. The van der Waals surface area contributed by atoms with Crippen LogP contribution in [0, 0.1) is 5.82 Å². The molecule has 9 heteroatoms. The Morgan fingerprint density at radius 1 is 1.03 bits per heavy atom. The topological polar surface area (TPSA) is 79.2 Å². The Kier molecular flexibility index (Phi) is 6.65. The fraction of sp³-hybridized carbons (Fsp3) is 0.417. The molecule has 2 aromatic rings. The summed E-state index contributed by atoms with van der Waals surface area (Å²) in [5.41, 5.74) is 1.47. The molecule has 2 atom stereocenters. The molecule has 0 unspecified atom stereocenters. The maximum Gasteiger partial charge on any atom is 0.292 e. The van der Waals surface area contributed by atoms with Gasteiger partial charge < -0.3 is 4.90 Å². The highest BCUT2D eigenvalue weighted by molar-refractivity contribution is 7.89. The number of amides is 2. The van der Waals surface area contributed by atoms with Gasteiger partial charge in [0, 0.05) is 0 Å². The Hall–Kier alpha value is -2.62. The van der Waals surface area contributed by atoms with Gasteiger partial charge >= 0.3 is 0 Å². The van der Waals surface area contributed by atoms with Crippen LogP contribution in [0.2, 0.25) is 0 Å². The van der Waals surface area contributed by atoms with Crippen molar-refractivity contribution in [1.82, 2.24) is 4.31 Å². The minimum atomic E-state index is -3.62. The van der Waals surface area contributed by atoms with Gasteiger partial charge in [-0.3, -0.25) is 9.59 Å². The van der Waals surface area contributed by atoms with Crippen molar-refractivity contribution in [2.75, 3.05) is 31.1 Å². The summed E-state index contributed by atoms with van der Waals surface area (Å²) in [6, 6.07) is 11.8. The zero-order chi connectivity index (χ0) is 23.8. The van der Waals surface area contributed by atoms with Gasteiger partial charge in [-0.1, -0.05) is 26.0 Å². The first-order valence-electron chi connectivity index (χ1n) is 11.3. The molecule has 2 aliphatic heterocycles. The number of anilines is 1. The van der Waals surface area contributed by atoms with E-state index in [1.54, 1.807) is 12.1 Å². The lowest BCUT2D eigenvalue weighted by molar-refractivity contribution is -0.918. The van der Waals surface area contributed by atoms with Crippen molar-refractivity contribution in [3.8, 4) is 0 Å². The van der Waals surface area contributed by atoms with E-state index in [-0.39, 0.29) is 36.2 Å². The average Bonchev–Trinajstić information content (AvgIpc) is 3.13. The first kappa shape index (κ1) is 23.5. The second-order valence-electron chi connectivity index (χ2n) is 8.74. The van der Waals surface area contributed by atoms with Gasteiger partial charge in [0.2, 0.25) is 15.9 Å². The molecule has 2 aromatic carbocycles. The minimum absolute atomic E-state index is 0.0648. The lowest BCUT2D eigenvalue weighted by Gasteiger charge is -2.33. The maximum absolute atomic E-state index is 13.2. The molecule has 2 amide bonds. The third-order valence-electron chi connectivity index (χ3n) is 6.79. The van der Waals surface area contributed by atoms with E-state index in [0.717, 1.165) is 21.8 Å². The van der Waals surface area contributed by atoms with Gasteiger partial charge in [0.25, 0.3) is 5.91 Å². The zero-order valence-corrected chi connectivity index (χ0v) is 19.6. The second-order valence-corrected chi connectivity index (χ2v) is 10.7. The fourth-order valence-electron chi connectivity index (χ4n) is 4.53. The maximum atomic E-state index is 13.2. The Morgan fingerprint density at radius 2 is 1.64 bits per heavy atom. The molecule has 1 N–H and O–H groups in total. The zero-order valence-electron chi connectivity index (χ0n) is 18.8. The van der Waals surface area contributed by atoms with E-state index in [4.69, 9.17) is 0 Å². The van der Waals surface area contributed by atoms with Gasteiger partial charge in [-0.05, 0) is 54.3 Å². The van der Waals surface area contributed by atoms with E-state index >= 15 is 0 Å². The number of rotatable bonds is 6. The lowest BCUT2D eigenvalue weighted by Crippen LogP contribution is -3.19. The molecular weight excluding hydrogens is 445 g/mol. The number of benzene rings is 2. The van der Waals surface area contributed by atoms with Crippen molar-refractivity contribution in [2.45, 2.75) is 43.5 Å². The second kappa shape index (κ2) is 9.32. The van der Waals surface area contributed by atoms with Gasteiger partial charge in [-0.2, -0.15) is 4.31 Å². The first-order chi connectivity index (χ1) is 15.7. The Labute approximate surface area is 193 Å². The smallest absolute Gasteiger partial charge is 0.292 e. The lowest BCUT2D eigenvalue weighted by atomic mass is 9.99. The molecule has 2 aliphatic rings. The number of sulfonamides is 1.